The highest BCUT2D eigenvalue weighted by atomic mass is 35.5. The van der Waals surface area contributed by atoms with E-state index in [9.17, 15) is 4.79 Å². The minimum atomic E-state index is 0.0581. The first-order valence-electron chi connectivity index (χ1n) is 7.39. The Labute approximate surface area is 150 Å². The normalized spacial score (nSPS) is 10.7. The van der Waals surface area contributed by atoms with E-state index in [-0.39, 0.29) is 5.91 Å². The summed E-state index contributed by atoms with van der Waals surface area (Å²) in [5.41, 5.74) is 0.995. The minimum absolute atomic E-state index is 0.0581. The van der Waals surface area contributed by atoms with Crippen molar-refractivity contribution in [3.63, 3.8) is 0 Å². The summed E-state index contributed by atoms with van der Waals surface area (Å²) in [4.78, 5) is 15.8. The van der Waals surface area contributed by atoms with Gasteiger partial charge in [-0.2, -0.15) is 0 Å². The van der Waals surface area contributed by atoms with Gasteiger partial charge in [-0.05, 0) is 30.5 Å². The molecule has 7 heteroatoms. The van der Waals surface area contributed by atoms with Crippen LogP contribution in [0.5, 0.6) is 0 Å². The lowest BCUT2D eigenvalue weighted by Crippen LogP contribution is -2.26. The number of carbonyl (C=O) groups is 1. The van der Waals surface area contributed by atoms with Crippen molar-refractivity contribution in [3.05, 3.63) is 52.5 Å². The third kappa shape index (κ3) is 6.85. The molecule has 0 unspecified atom stereocenters. The van der Waals surface area contributed by atoms with E-state index < -0.39 is 0 Å². The molecular formula is C16H19Cl2N3OS. The van der Waals surface area contributed by atoms with Crippen molar-refractivity contribution in [2.75, 3.05) is 12.3 Å². The van der Waals surface area contributed by atoms with Crippen LogP contribution in [0.25, 0.3) is 0 Å². The Balaban J connectivity index is 1.54. The summed E-state index contributed by atoms with van der Waals surface area (Å²) in [5.74, 6) is 1.19. The lowest BCUT2D eigenvalue weighted by Gasteiger charge is -2.07. The van der Waals surface area contributed by atoms with E-state index in [4.69, 9.17) is 23.2 Å². The number of aromatic nitrogens is 2. The number of benzene rings is 1. The second-order valence-electron chi connectivity index (χ2n) is 5.09. The van der Waals surface area contributed by atoms with Crippen molar-refractivity contribution >= 4 is 40.9 Å². The van der Waals surface area contributed by atoms with E-state index in [0.29, 0.717) is 28.1 Å². The van der Waals surface area contributed by atoms with Crippen LogP contribution in [0.15, 0.2) is 36.9 Å². The fourth-order valence-corrected chi connectivity index (χ4v) is 3.43. The van der Waals surface area contributed by atoms with Crippen LogP contribution in [0, 0.1) is 0 Å². The Morgan fingerprint density at radius 3 is 2.91 bits per heavy atom. The maximum atomic E-state index is 11.8. The molecule has 124 valence electrons. The molecule has 0 spiro atoms. The van der Waals surface area contributed by atoms with Crippen molar-refractivity contribution in [1.29, 1.82) is 0 Å². The molecule has 1 N–H and O–H groups in total. The van der Waals surface area contributed by atoms with Gasteiger partial charge in [0.15, 0.2) is 0 Å². The number of nitrogens with zero attached hydrogens (tertiary/aromatic N) is 2. The average Bonchev–Trinajstić information content (AvgIpc) is 3.02. The number of hydrogen-bond acceptors (Lipinski definition) is 3. The highest BCUT2D eigenvalue weighted by molar-refractivity contribution is 7.99. The lowest BCUT2D eigenvalue weighted by molar-refractivity contribution is -0.118. The first-order valence-corrected chi connectivity index (χ1v) is 9.30. The van der Waals surface area contributed by atoms with Crippen molar-refractivity contribution in [2.45, 2.75) is 25.1 Å². The average molecular weight is 372 g/mol. The number of nitrogens with one attached hydrogen (secondary N) is 1. The maximum Gasteiger partial charge on any atom is 0.230 e. The van der Waals surface area contributed by atoms with Crippen LogP contribution < -0.4 is 5.32 Å². The van der Waals surface area contributed by atoms with Crippen LogP contribution in [0.4, 0.5) is 0 Å². The molecule has 23 heavy (non-hydrogen) atoms. The third-order valence-corrected chi connectivity index (χ3v) is 4.80. The van der Waals surface area contributed by atoms with Gasteiger partial charge in [0.25, 0.3) is 0 Å². The van der Waals surface area contributed by atoms with Gasteiger partial charge in [-0.25, -0.2) is 4.98 Å². The minimum Gasteiger partial charge on any atom is -0.355 e. The number of amides is 1. The number of thioether (sulfide) groups is 1. The standard InChI is InChI=1S/C16H19Cl2N3OS/c17-14-4-3-13(15(18)9-14)10-23-11-16(22)20-5-1-2-7-21-8-6-19-12-21/h3-4,6,8-9,12H,1-2,5,7,10-11H2,(H,20,22). The summed E-state index contributed by atoms with van der Waals surface area (Å²) in [5, 5.41) is 4.20. The Bertz CT molecular complexity index is 620. The number of rotatable bonds is 9. The molecule has 0 saturated carbocycles. The summed E-state index contributed by atoms with van der Waals surface area (Å²) in [6.45, 7) is 1.63. The molecule has 0 saturated heterocycles. The Morgan fingerprint density at radius 1 is 1.30 bits per heavy atom. The van der Waals surface area contributed by atoms with Gasteiger partial charge in [0.1, 0.15) is 0 Å². The molecule has 2 aromatic rings. The van der Waals surface area contributed by atoms with E-state index in [0.717, 1.165) is 24.9 Å². The van der Waals surface area contributed by atoms with Gasteiger partial charge in [-0.15, -0.1) is 11.8 Å². The summed E-state index contributed by atoms with van der Waals surface area (Å²) in [6, 6.07) is 5.43. The summed E-state index contributed by atoms with van der Waals surface area (Å²) >= 11 is 13.5. The molecule has 1 aromatic heterocycles. The molecule has 0 atom stereocenters. The quantitative estimate of drug-likeness (QED) is 0.677. The summed E-state index contributed by atoms with van der Waals surface area (Å²) in [6.07, 6.45) is 7.49. The molecule has 1 aromatic carbocycles. The van der Waals surface area contributed by atoms with Gasteiger partial charge in [-0.3, -0.25) is 4.79 Å². The zero-order chi connectivity index (χ0) is 16.5. The predicted molar refractivity (Wildman–Crippen MR) is 97.1 cm³/mol. The first kappa shape index (κ1) is 18.2. The van der Waals surface area contributed by atoms with Crippen molar-refractivity contribution in [3.8, 4) is 0 Å². The number of hydrogen-bond donors (Lipinski definition) is 1. The largest absolute Gasteiger partial charge is 0.355 e. The number of unbranched alkanes of at least 4 members (excludes halogenated alkanes) is 1. The zero-order valence-corrected chi connectivity index (χ0v) is 15.0. The van der Waals surface area contributed by atoms with Crippen molar-refractivity contribution < 1.29 is 4.79 Å². The SMILES string of the molecule is O=C(CSCc1ccc(Cl)cc1Cl)NCCCCn1ccnc1. The molecule has 1 heterocycles. The third-order valence-electron chi connectivity index (χ3n) is 3.23. The van der Waals surface area contributed by atoms with Crippen LogP contribution in [-0.4, -0.2) is 27.8 Å². The maximum absolute atomic E-state index is 11.8. The smallest absolute Gasteiger partial charge is 0.230 e. The van der Waals surface area contributed by atoms with Crippen LogP contribution in [0.3, 0.4) is 0 Å². The van der Waals surface area contributed by atoms with Gasteiger partial charge in [0, 0.05) is 41.3 Å². The van der Waals surface area contributed by atoms with E-state index in [2.05, 4.69) is 10.3 Å². The van der Waals surface area contributed by atoms with E-state index >= 15 is 0 Å². The van der Waals surface area contributed by atoms with Gasteiger partial charge < -0.3 is 9.88 Å². The van der Waals surface area contributed by atoms with Crippen LogP contribution in [-0.2, 0) is 17.1 Å². The van der Waals surface area contributed by atoms with E-state index in [1.807, 2.05) is 22.9 Å². The van der Waals surface area contributed by atoms with Gasteiger partial charge in [0.05, 0.1) is 12.1 Å². The molecule has 0 aliphatic carbocycles. The highest BCUT2D eigenvalue weighted by Gasteiger charge is 2.04. The monoisotopic (exact) mass is 371 g/mol. The molecule has 0 radical (unpaired) electrons. The second kappa shape index (κ2) is 9.85. The number of carbonyl (C=O) groups excluding carboxylic acids is 1. The Kier molecular flexibility index (Phi) is 7.79. The predicted octanol–water partition coefficient (Wildman–Crippen LogP) is 4.02. The van der Waals surface area contributed by atoms with Crippen LogP contribution >= 0.6 is 35.0 Å². The fraction of sp³-hybridized carbons (Fsp3) is 0.375. The van der Waals surface area contributed by atoms with Gasteiger partial charge >= 0.3 is 0 Å². The second-order valence-corrected chi connectivity index (χ2v) is 6.92. The number of aryl methyl sites for hydroxylation is 1. The molecule has 4 nitrogen and oxygen atoms in total. The molecule has 2 rings (SSSR count). The lowest BCUT2D eigenvalue weighted by atomic mass is 10.2. The molecule has 0 aliphatic rings. The van der Waals surface area contributed by atoms with Crippen molar-refractivity contribution in [2.24, 2.45) is 0 Å². The topological polar surface area (TPSA) is 46.9 Å². The molecule has 1 amide bonds. The molecule has 0 bridgehead atoms. The number of halogens is 2. The molecule has 0 fully saturated rings. The first-order chi connectivity index (χ1) is 11.1. The summed E-state index contributed by atoms with van der Waals surface area (Å²) < 4.78 is 2.04. The van der Waals surface area contributed by atoms with E-state index in [1.54, 1.807) is 30.4 Å². The highest BCUT2D eigenvalue weighted by Crippen LogP contribution is 2.24. The zero-order valence-electron chi connectivity index (χ0n) is 12.7. The molecular weight excluding hydrogens is 353 g/mol. The van der Waals surface area contributed by atoms with Crippen LogP contribution in [0.2, 0.25) is 10.0 Å². The Hall–Kier alpha value is -1.17. The Morgan fingerprint density at radius 2 is 2.17 bits per heavy atom. The van der Waals surface area contributed by atoms with Crippen molar-refractivity contribution in [1.82, 2.24) is 14.9 Å². The fourth-order valence-electron chi connectivity index (χ4n) is 2.01. The molecule has 0 aliphatic heterocycles. The van der Waals surface area contributed by atoms with Gasteiger partial charge in [0.2, 0.25) is 5.91 Å². The number of imidazole rings is 1. The van der Waals surface area contributed by atoms with Crippen LogP contribution in [0.1, 0.15) is 18.4 Å². The summed E-state index contributed by atoms with van der Waals surface area (Å²) in [7, 11) is 0. The van der Waals surface area contributed by atoms with E-state index in [1.165, 1.54) is 0 Å². The van der Waals surface area contributed by atoms with Gasteiger partial charge in [-0.1, -0.05) is 29.3 Å².